The van der Waals surface area contributed by atoms with E-state index in [9.17, 15) is 9.18 Å². The molecule has 0 heterocycles. The minimum absolute atomic E-state index is 0.00612. The van der Waals surface area contributed by atoms with Crippen LogP contribution >= 0.6 is 35.8 Å². The lowest BCUT2D eigenvalue weighted by atomic mass is 10.2. The third kappa shape index (κ3) is 3.41. The lowest BCUT2D eigenvalue weighted by Crippen LogP contribution is -2.12. The van der Waals surface area contributed by atoms with Crippen LogP contribution in [0, 0.1) is 5.82 Å². The number of amides is 1. The summed E-state index contributed by atoms with van der Waals surface area (Å²) in [6.07, 6.45) is 0. The van der Waals surface area contributed by atoms with Crippen LogP contribution in [0.15, 0.2) is 41.3 Å². The van der Waals surface area contributed by atoms with E-state index >= 15 is 0 Å². The molecule has 6 heteroatoms. The first-order valence-electron chi connectivity index (χ1n) is 5.22. The van der Waals surface area contributed by atoms with Crippen molar-refractivity contribution < 1.29 is 9.18 Å². The topological polar surface area (TPSA) is 29.1 Å². The van der Waals surface area contributed by atoms with E-state index in [2.05, 4.69) is 17.9 Å². The highest BCUT2D eigenvalue weighted by Crippen LogP contribution is 2.23. The first-order chi connectivity index (χ1) is 8.97. The van der Waals surface area contributed by atoms with Gasteiger partial charge in [0.2, 0.25) is 0 Å². The Labute approximate surface area is 124 Å². The van der Waals surface area contributed by atoms with Crippen molar-refractivity contribution in [1.29, 1.82) is 0 Å². The number of benzene rings is 2. The van der Waals surface area contributed by atoms with E-state index in [1.54, 1.807) is 12.1 Å². The zero-order valence-electron chi connectivity index (χ0n) is 9.45. The molecule has 0 radical (unpaired) electrons. The second-order valence-electron chi connectivity index (χ2n) is 3.75. The molecule has 0 aliphatic rings. The fourth-order valence-corrected chi connectivity index (χ4v) is 1.98. The van der Waals surface area contributed by atoms with Gasteiger partial charge in [-0.05, 0) is 36.4 Å². The molecule has 1 N–H and O–H groups in total. The number of rotatable bonds is 2. The predicted molar refractivity (Wildman–Crippen MR) is 78.1 cm³/mol. The number of carbonyl (C=O) groups excluding carboxylic acids is 1. The maximum Gasteiger partial charge on any atom is 0.257 e. The summed E-state index contributed by atoms with van der Waals surface area (Å²) in [7, 11) is 0. The Hall–Kier alpha value is -1.23. The highest BCUT2D eigenvalue weighted by molar-refractivity contribution is 7.80. The molecule has 0 unspecified atom stereocenters. The number of thiol groups is 1. The molecule has 0 aliphatic heterocycles. The molecule has 0 aliphatic carbocycles. The van der Waals surface area contributed by atoms with Crippen LogP contribution in [0.4, 0.5) is 10.1 Å². The molecule has 0 aromatic heterocycles. The lowest BCUT2D eigenvalue weighted by Gasteiger charge is -2.08. The van der Waals surface area contributed by atoms with E-state index in [0.29, 0.717) is 15.6 Å². The van der Waals surface area contributed by atoms with E-state index < -0.39 is 11.7 Å². The van der Waals surface area contributed by atoms with Gasteiger partial charge < -0.3 is 5.32 Å². The third-order valence-electron chi connectivity index (χ3n) is 2.37. The maximum atomic E-state index is 13.3. The molecule has 2 aromatic carbocycles. The normalized spacial score (nSPS) is 10.3. The second-order valence-corrected chi connectivity index (χ2v) is 5.08. The molecule has 0 atom stereocenters. The van der Waals surface area contributed by atoms with Crippen LogP contribution in [0.1, 0.15) is 10.4 Å². The smallest absolute Gasteiger partial charge is 0.257 e. The number of carbonyl (C=O) groups is 1. The number of halogens is 3. The van der Waals surface area contributed by atoms with E-state index in [4.69, 9.17) is 23.2 Å². The molecule has 0 saturated heterocycles. The summed E-state index contributed by atoms with van der Waals surface area (Å²) in [6.45, 7) is 0. The van der Waals surface area contributed by atoms with Crippen molar-refractivity contribution in [2.75, 3.05) is 5.32 Å². The number of hydrogen-bond acceptors (Lipinski definition) is 2. The number of hydrogen-bond donors (Lipinski definition) is 2. The number of nitrogens with one attached hydrogen (secondary N) is 1. The predicted octanol–water partition coefficient (Wildman–Crippen LogP) is 4.67. The Morgan fingerprint density at radius 2 is 1.79 bits per heavy atom. The minimum atomic E-state index is -0.603. The van der Waals surface area contributed by atoms with Gasteiger partial charge in [0, 0.05) is 10.6 Å². The van der Waals surface area contributed by atoms with Gasteiger partial charge >= 0.3 is 0 Å². The van der Waals surface area contributed by atoms with Crippen LogP contribution in [0.5, 0.6) is 0 Å². The van der Waals surface area contributed by atoms with Gasteiger partial charge in [-0.15, -0.1) is 12.6 Å². The van der Waals surface area contributed by atoms with Crippen LogP contribution in [0.2, 0.25) is 10.0 Å². The largest absolute Gasteiger partial charge is 0.322 e. The summed E-state index contributed by atoms with van der Waals surface area (Å²) >= 11 is 15.6. The SMILES string of the molecule is O=C(Nc1ccc(Cl)c(F)c1)c1cc(S)ccc1Cl. The van der Waals surface area contributed by atoms with Gasteiger partial charge in [0.15, 0.2) is 0 Å². The summed E-state index contributed by atoms with van der Waals surface area (Å²) in [6, 6.07) is 8.78. The standard InChI is InChI=1S/C13H8Cl2FNOS/c14-10-4-2-8(19)6-9(10)13(18)17-7-1-3-11(15)12(16)5-7/h1-6,19H,(H,17,18). The van der Waals surface area contributed by atoms with Crippen molar-refractivity contribution in [2.24, 2.45) is 0 Å². The van der Waals surface area contributed by atoms with Crippen molar-refractivity contribution in [3.8, 4) is 0 Å². The Morgan fingerprint density at radius 1 is 1.11 bits per heavy atom. The van der Waals surface area contributed by atoms with E-state index in [1.807, 2.05) is 0 Å². The van der Waals surface area contributed by atoms with Gasteiger partial charge in [-0.1, -0.05) is 23.2 Å². The molecule has 98 valence electrons. The van der Waals surface area contributed by atoms with Gasteiger partial charge in [-0.2, -0.15) is 0 Å². The highest BCUT2D eigenvalue weighted by Gasteiger charge is 2.12. The summed E-state index contributed by atoms with van der Waals surface area (Å²) in [5, 5.41) is 2.83. The van der Waals surface area contributed by atoms with Crippen molar-refractivity contribution in [2.45, 2.75) is 4.90 Å². The van der Waals surface area contributed by atoms with E-state index in [0.717, 1.165) is 6.07 Å². The van der Waals surface area contributed by atoms with Crippen LogP contribution in [0.25, 0.3) is 0 Å². The highest BCUT2D eigenvalue weighted by atomic mass is 35.5. The van der Waals surface area contributed by atoms with Gasteiger partial charge in [-0.25, -0.2) is 4.39 Å². The molecule has 0 bridgehead atoms. The molecular formula is C13H8Cl2FNOS. The lowest BCUT2D eigenvalue weighted by molar-refractivity contribution is 0.102. The Bertz CT molecular complexity index is 649. The Balaban J connectivity index is 2.25. The quantitative estimate of drug-likeness (QED) is 0.774. The fourth-order valence-electron chi connectivity index (χ4n) is 1.46. The zero-order valence-corrected chi connectivity index (χ0v) is 11.9. The summed E-state index contributed by atoms with van der Waals surface area (Å²) in [5.41, 5.74) is 0.567. The number of anilines is 1. The van der Waals surface area contributed by atoms with Gasteiger partial charge in [0.05, 0.1) is 15.6 Å². The third-order valence-corrected chi connectivity index (χ3v) is 3.29. The van der Waals surface area contributed by atoms with Crippen molar-refractivity contribution >= 4 is 47.4 Å². The minimum Gasteiger partial charge on any atom is -0.322 e. The first kappa shape index (κ1) is 14.2. The van der Waals surface area contributed by atoms with Gasteiger partial charge in [0.25, 0.3) is 5.91 Å². The zero-order chi connectivity index (χ0) is 14.0. The van der Waals surface area contributed by atoms with Gasteiger partial charge in [-0.3, -0.25) is 4.79 Å². The average molecular weight is 316 g/mol. The van der Waals surface area contributed by atoms with Crippen molar-refractivity contribution in [3.63, 3.8) is 0 Å². The molecule has 0 spiro atoms. The second kappa shape index (κ2) is 5.82. The summed E-state index contributed by atoms with van der Waals surface area (Å²) in [5.74, 6) is -1.05. The molecule has 2 aromatic rings. The molecule has 0 fully saturated rings. The van der Waals surface area contributed by atoms with E-state index in [1.165, 1.54) is 18.2 Å². The van der Waals surface area contributed by atoms with Crippen LogP contribution in [-0.2, 0) is 0 Å². The van der Waals surface area contributed by atoms with Gasteiger partial charge in [0.1, 0.15) is 5.82 Å². The van der Waals surface area contributed by atoms with Crippen molar-refractivity contribution in [1.82, 2.24) is 0 Å². The Morgan fingerprint density at radius 3 is 2.47 bits per heavy atom. The van der Waals surface area contributed by atoms with Crippen LogP contribution in [0.3, 0.4) is 0 Å². The molecular weight excluding hydrogens is 308 g/mol. The first-order valence-corrected chi connectivity index (χ1v) is 6.42. The average Bonchev–Trinajstić information content (AvgIpc) is 2.36. The molecule has 19 heavy (non-hydrogen) atoms. The molecule has 1 amide bonds. The van der Waals surface area contributed by atoms with E-state index in [-0.39, 0.29) is 10.6 Å². The van der Waals surface area contributed by atoms with Crippen LogP contribution in [-0.4, -0.2) is 5.91 Å². The fraction of sp³-hybridized carbons (Fsp3) is 0. The summed E-state index contributed by atoms with van der Waals surface area (Å²) < 4.78 is 13.3. The molecule has 0 saturated carbocycles. The van der Waals surface area contributed by atoms with Crippen LogP contribution < -0.4 is 5.32 Å². The molecule has 2 nitrogen and oxygen atoms in total. The monoisotopic (exact) mass is 315 g/mol. The maximum absolute atomic E-state index is 13.3. The summed E-state index contributed by atoms with van der Waals surface area (Å²) in [4.78, 5) is 12.6. The Kier molecular flexibility index (Phi) is 4.34. The van der Waals surface area contributed by atoms with Crippen molar-refractivity contribution in [3.05, 3.63) is 57.8 Å². The molecule has 2 rings (SSSR count).